The Morgan fingerprint density at radius 3 is 2.23 bits per heavy atom. The van der Waals surface area contributed by atoms with Crippen molar-refractivity contribution in [1.29, 1.82) is 0 Å². The predicted octanol–water partition coefficient (Wildman–Crippen LogP) is 7.43. The SMILES string of the molecule is CCCCC/C=C\C[C@@H](O)/C=C/C=C\C/C=C\CCCC(=O)OC[C@H](COP(=O)(O)OP(=O)(O)OC[C@H]1O[C@@H](n2ccc(N)nc2=O)[C@H](O)[C@@H]1O)OC(=O)CCCCCCCCCC(C)C. The lowest BCUT2D eigenvalue weighted by molar-refractivity contribution is -0.161. The molecule has 2 unspecified atom stereocenters. The molecule has 1 saturated heterocycles. The first kappa shape index (κ1) is 58.8. The van der Waals surface area contributed by atoms with Crippen molar-refractivity contribution in [2.24, 2.45) is 5.92 Å². The largest absolute Gasteiger partial charge is 0.481 e. The number of carbonyl (C=O) groups is 2. The third-order valence-corrected chi connectivity index (χ3v) is 12.8. The number of ether oxygens (including phenoxy) is 3. The minimum absolute atomic E-state index is 0.0181. The molecule has 8 atom stereocenters. The van der Waals surface area contributed by atoms with Gasteiger partial charge in [-0.2, -0.15) is 9.29 Å². The van der Waals surface area contributed by atoms with Gasteiger partial charge in [0, 0.05) is 19.0 Å². The monoisotopic (exact) mass is 975 g/mol. The fourth-order valence-corrected chi connectivity index (χ4v) is 8.62. The maximum atomic E-state index is 12.8. The molecule has 1 aromatic rings. The molecule has 0 amide bonds. The molecular weight excluding hydrogens is 900 g/mol. The molecule has 0 aliphatic carbocycles. The van der Waals surface area contributed by atoms with Crippen LogP contribution >= 0.6 is 15.6 Å². The highest BCUT2D eigenvalue weighted by molar-refractivity contribution is 7.61. The van der Waals surface area contributed by atoms with Gasteiger partial charge < -0.3 is 45.1 Å². The minimum atomic E-state index is -5.44. The number of unbranched alkanes of at least 4 members (excludes halogenated alkanes) is 10. The number of nitrogens with zero attached hydrogens (tertiary/aromatic N) is 2. The van der Waals surface area contributed by atoms with Crippen molar-refractivity contribution in [3.05, 3.63) is 71.4 Å². The second-order valence-electron chi connectivity index (χ2n) is 16.6. The van der Waals surface area contributed by atoms with Gasteiger partial charge in [-0.3, -0.25) is 23.2 Å². The Kier molecular flexibility index (Phi) is 29.6. The average molecular weight is 976 g/mol. The lowest BCUT2D eigenvalue weighted by Gasteiger charge is -2.21. The van der Waals surface area contributed by atoms with E-state index in [0.717, 1.165) is 55.7 Å². The van der Waals surface area contributed by atoms with Gasteiger partial charge in [0.05, 0.1) is 19.3 Å². The molecule has 0 spiro atoms. The molecule has 1 aliphatic heterocycles. The van der Waals surface area contributed by atoms with E-state index in [2.05, 4.69) is 36.1 Å². The van der Waals surface area contributed by atoms with Crippen molar-refractivity contribution < 1.29 is 71.4 Å². The van der Waals surface area contributed by atoms with Crippen molar-refractivity contribution in [3.8, 4) is 0 Å². The maximum Gasteiger partial charge on any atom is 0.481 e. The summed E-state index contributed by atoms with van der Waals surface area (Å²) in [6.07, 6.45) is 22.8. The number of nitrogens with two attached hydrogens (primary N) is 1. The molecule has 1 aliphatic rings. The van der Waals surface area contributed by atoms with Crippen molar-refractivity contribution >= 4 is 33.4 Å². The zero-order chi connectivity index (χ0) is 48.8. The second-order valence-corrected chi connectivity index (χ2v) is 19.6. The number of aliphatic hydroxyl groups excluding tert-OH is 3. The molecule has 0 saturated carbocycles. The Hall–Kier alpha value is -3.32. The molecule has 66 heavy (non-hydrogen) atoms. The fourth-order valence-electron chi connectivity index (χ4n) is 6.51. The lowest BCUT2D eigenvalue weighted by Crippen LogP contribution is -2.36. The molecule has 2 rings (SSSR count). The van der Waals surface area contributed by atoms with Gasteiger partial charge in [-0.25, -0.2) is 13.9 Å². The van der Waals surface area contributed by atoms with Crippen LogP contribution in [0.3, 0.4) is 0 Å². The number of aromatic nitrogens is 2. The molecule has 0 aromatic carbocycles. The molecule has 1 aromatic heterocycles. The normalized spacial score (nSPS) is 20.7. The van der Waals surface area contributed by atoms with Gasteiger partial charge in [-0.05, 0) is 56.9 Å². The number of phosphoric ester groups is 2. The Morgan fingerprint density at radius 1 is 0.848 bits per heavy atom. The smallest absolute Gasteiger partial charge is 0.462 e. The summed E-state index contributed by atoms with van der Waals surface area (Å²) in [5.41, 5.74) is 4.56. The molecule has 21 heteroatoms. The second kappa shape index (κ2) is 33.2. The van der Waals surface area contributed by atoms with E-state index in [0.29, 0.717) is 38.0 Å². The molecule has 1 fully saturated rings. The number of rotatable bonds is 36. The molecule has 7 N–H and O–H groups in total. The number of hydrogen-bond acceptors (Lipinski definition) is 16. The number of phosphoric acid groups is 2. The topological polar surface area (TPSA) is 286 Å². The van der Waals surface area contributed by atoms with Gasteiger partial charge in [-0.1, -0.05) is 127 Å². The van der Waals surface area contributed by atoms with E-state index < -0.39 is 89.8 Å². The van der Waals surface area contributed by atoms with Crippen LogP contribution in [0.25, 0.3) is 0 Å². The summed E-state index contributed by atoms with van der Waals surface area (Å²) in [5.74, 6) is -0.738. The van der Waals surface area contributed by atoms with Crippen molar-refractivity contribution in [2.75, 3.05) is 25.6 Å². The zero-order valence-corrected chi connectivity index (χ0v) is 40.5. The van der Waals surface area contributed by atoms with Gasteiger partial charge in [0.25, 0.3) is 0 Å². The van der Waals surface area contributed by atoms with E-state index in [1.54, 1.807) is 12.2 Å². The van der Waals surface area contributed by atoms with Crippen molar-refractivity contribution in [1.82, 2.24) is 9.55 Å². The molecule has 0 bridgehead atoms. The zero-order valence-electron chi connectivity index (χ0n) is 38.8. The van der Waals surface area contributed by atoms with Gasteiger partial charge >= 0.3 is 33.3 Å². The Labute approximate surface area is 389 Å². The van der Waals surface area contributed by atoms with Gasteiger partial charge in [0.2, 0.25) is 0 Å². The molecule has 2 heterocycles. The minimum Gasteiger partial charge on any atom is -0.462 e. The lowest BCUT2D eigenvalue weighted by atomic mass is 10.0. The first-order valence-corrected chi connectivity index (χ1v) is 26.1. The summed E-state index contributed by atoms with van der Waals surface area (Å²) >= 11 is 0. The molecule has 19 nitrogen and oxygen atoms in total. The number of nitrogen functional groups attached to an aromatic ring is 1. The summed E-state index contributed by atoms with van der Waals surface area (Å²) in [6, 6.07) is 1.24. The van der Waals surface area contributed by atoms with Crippen LogP contribution in [0, 0.1) is 5.92 Å². The third kappa shape index (κ3) is 26.9. The van der Waals surface area contributed by atoms with Gasteiger partial charge in [0.15, 0.2) is 12.3 Å². The number of carbonyl (C=O) groups excluding carboxylic acids is 2. The average Bonchev–Trinajstić information content (AvgIpc) is 3.53. The van der Waals surface area contributed by atoms with Gasteiger partial charge in [0.1, 0.15) is 30.7 Å². The highest BCUT2D eigenvalue weighted by Crippen LogP contribution is 2.60. The van der Waals surface area contributed by atoms with Crippen LogP contribution in [0.2, 0.25) is 0 Å². The van der Waals surface area contributed by atoms with Gasteiger partial charge in [-0.15, -0.1) is 0 Å². The molecule has 0 radical (unpaired) electrons. The van der Waals surface area contributed by atoms with Crippen LogP contribution in [0.15, 0.2) is 65.7 Å². The van der Waals surface area contributed by atoms with Crippen LogP contribution in [0.4, 0.5) is 5.82 Å². The first-order valence-electron chi connectivity index (χ1n) is 23.1. The van der Waals surface area contributed by atoms with Crippen LogP contribution in [0.1, 0.15) is 143 Å². The summed E-state index contributed by atoms with van der Waals surface area (Å²) in [5, 5.41) is 30.9. The Morgan fingerprint density at radius 2 is 1.52 bits per heavy atom. The van der Waals surface area contributed by atoms with E-state index in [4.69, 9.17) is 29.0 Å². The predicted molar refractivity (Wildman–Crippen MR) is 248 cm³/mol. The van der Waals surface area contributed by atoms with Crippen LogP contribution < -0.4 is 11.4 Å². The standard InChI is InChI=1S/C45H75N3O16P2/c1-4-5-6-7-16-21-26-36(49)27-22-17-12-8-9-13-18-23-28-40(50)59-32-37(62-41(51)29-24-19-14-10-11-15-20-25-35(2)3)33-60-65(55,56)64-66(57,58)61-34-38-42(52)43(53)44(63-38)48-31-30-39(46)47-45(48)54/h9,12-13,16-17,21-22,27,30-31,35-38,42-44,49,52-53H,4-8,10-11,14-15,18-20,23-26,28-29,32-34H2,1-3H3,(H,55,56)(H,57,58)(H2,46,47,54)/b13-9-,17-12-,21-16-,27-22+/t36-,37-,38-,42-,43-,44-/m1/s1. The first-order chi connectivity index (χ1) is 31.4. The summed E-state index contributed by atoms with van der Waals surface area (Å²) in [7, 11) is -10.9. The Balaban J connectivity index is 1.86. The summed E-state index contributed by atoms with van der Waals surface area (Å²) < 4.78 is 56.4. The summed E-state index contributed by atoms with van der Waals surface area (Å²) in [6.45, 7) is 4.17. The van der Waals surface area contributed by atoms with Crippen LogP contribution in [-0.4, -0.2) is 96.9 Å². The number of hydrogen-bond donors (Lipinski definition) is 6. The van der Waals surface area contributed by atoms with Crippen LogP contribution in [0.5, 0.6) is 0 Å². The molecular formula is C45H75N3O16P2. The number of esters is 2. The molecule has 376 valence electrons. The van der Waals surface area contributed by atoms with Crippen molar-refractivity contribution in [2.45, 2.75) is 173 Å². The quantitative estimate of drug-likeness (QED) is 0.0125. The van der Waals surface area contributed by atoms with E-state index in [9.17, 15) is 48.6 Å². The Bertz CT molecular complexity index is 1820. The fraction of sp³-hybridized carbons (Fsp3) is 0.689. The van der Waals surface area contributed by atoms with E-state index in [-0.39, 0.29) is 18.7 Å². The van der Waals surface area contributed by atoms with Crippen molar-refractivity contribution in [3.63, 3.8) is 0 Å². The highest BCUT2D eigenvalue weighted by Gasteiger charge is 2.46. The van der Waals surface area contributed by atoms with E-state index in [1.807, 2.05) is 30.4 Å². The number of allylic oxidation sites excluding steroid dienone is 6. The highest BCUT2D eigenvalue weighted by atomic mass is 31.3. The third-order valence-electron chi connectivity index (χ3n) is 10.2. The van der Waals surface area contributed by atoms with Crippen LogP contribution in [-0.2, 0) is 46.3 Å². The van der Waals surface area contributed by atoms with E-state index in [1.165, 1.54) is 31.7 Å². The number of anilines is 1. The summed E-state index contributed by atoms with van der Waals surface area (Å²) in [4.78, 5) is 61.6. The van der Waals surface area contributed by atoms with E-state index >= 15 is 0 Å². The maximum absolute atomic E-state index is 12.8. The number of aliphatic hydroxyl groups is 3.